The van der Waals surface area contributed by atoms with Gasteiger partial charge in [0.2, 0.25) is 0 Å². The molecule has 0 radical (unpaired) electrons. The van der Waals surface area contributed by atoms with Crippen LogP contribution in [0.2, 0.25) is 0 Å². The highest BCUT2D eigenvalue weighted by Gasteiger charge is 2.51. The summed E-state index contributed by atoms with van der Waals surface area (Å²) >= 11 is 0. The maximum absolute atomic E-state index is 6.38. The van der Waals surface area contributed by atoms with E-state index < -0.39 is 0 Å². The molecule has 0 unspecified atom stereocenters. The number of benzene rings is 1. The minimum Gasteiger partial charge on any atom is -0.496 e. The Morgan fingerprint density at radius 3 is 2.17 bits per heavy atom. The average Bonchev–Trinajstić information content (AvgIpc) is 2.19. The van der Waals surface area contributed by atoms with Gasteiger partial charge in [0.25, 0.3) is 0 Å². The quantitative estimate of drug-likeness (QED) is 0.894. The van der Waals surface area contributed by atoms with E-state index in [1.54, 1.807) is 7.11 Å². The summed E-state index contributed by atoms with van der Waals surface area (Å²) in [6.45, 7) is 9.66. The van der Waals surface area contributed by atoms with Crippen molar-refractivity contribution in [3.8, 4) is 5.75 Å². The lowest BCUT2D eigenvalue weighted by Gasteiger charge is -2.51. The molecule has 1 aromatic carbocycles. The molecule has 18 heavy (non-hydrogen) atoms. The first-order valence-corrected chi connectivity index (χ1v) is 6.34. The smallest absolute Gasteiger partial charge is 0.123 e. The van der Waals surface area contributed by atoms with Crippen molar-refractivity contribution in [3.05, 3.63) is 28.8 Å². The third-order valence-corrected chi connectivity index (χ3v) is 4.26. The molecule has 0 atom stereocenters. The number of methoxy groups -OCH3 is 1. The predicted molar refractivity (Wildman–Crippen MR) is 73.2 cm³/mol. The fourth-order valence-electron chi connectivity index (χ4n) is 2.51. The van der Waals surface area contributed by atoms with Gasteiger partial charge in [0.15, 0.2) is 0 Å². The molecule has 3 nitrogen and oxygen atoms in total. The summed E-state index contributed by atoms with van der Waals surface area (Å²) in [6, 6.07) is 4.29. The zero-order valence-electron chi connectivity index (χ0n) is 12.0. The zero-order chi connectivity index (χ0) is 13.6. The van der Waals surface area contributed by atoms with Gasteiger partial charge in [-0.05, 0) is 44.9 Å². The van der Waals surface area contributed by atoms with E-state index in [9.17, 15) is 0 Å². The van der Waals surface area contributed by atoms with Crippen LogP contribution in [-0.4, -0.2) is 25.9 Å². The molecule has 1 saturated heterocycles. The van der Waals surface area contributed by atoms with Crippen LogP contribution in [0.25, 0.3) is 0 Å². The zero-order valence-corrected chi connectivity index (χ0v) is 12.0. The van der Waals surface area contributed by atoms with E-state index in [1.165, 1.54) is 16.7 Å². The summed E-state index contributed by atoms with van der Waals surface area (Å²) in [5.41, 5.74) is 9.58. The van der Waals surface area contributed by atoms with E-state index in [-0.39, 0.29) is 11.0 Å². The molecule has 0 spiro atoms. The molecule has 2 N–H and O–H groups in total. The number of rotatable bonds is 3. The third kappa shape index (κ3) is 1.82. The van der Waals surface area contributed by atoms with Crippen molar-refractivity contribution in [1.29, 1.82) is 0 Å². The first-order valence-electron chi connectivity index (χ1n) is 6.34. The first kappa shape index (κ1) is 13.4. The molecular formula is C15H23NO2. The molecule has 0 amide bonds. The molecule has 0 aromatic heterocycles. The Morgan fingerprint density at radius 2 is 1.78 bits per heavy atom. The van der Waals surface area contributed by atoms with Crippen LogP contribution in [0.1, 0.15) is 30.5 Å². The van der Waals surface area contributed by atoms with Crippen molar-refractivity contribution < 1.29 is 9.47 Å². The number of hydrogen-bond donors (Lipinski definition) is 1. The average molecular weight is 249 g/mol. The lowest BCUT2D eigenvalue weighted by molar-refractivity contribution is -0.0927. The van der Waals surface area contributed by atoms with Gasteiger partial charge < -0.3 is 15.2 Å². The molecule has 0 aliphatic carbocycles. The highest BCUT2D eigenvalue weighted by molar-refractivity contribution is 5.49. The Morgan fingerprint density at radius 1 is 1.22 bits per heavy atom. The molecule has 0 saturated carbocycles. The molecule has 1 aliphatic rings. The SMILES string of the molecule is COc1cc(C)c(C)cc1C1(C(C)(C)N)COC1. The monoisotopic (exact) mass is 249 g/mol. The summed E-state index contributed by atoms with van der Waals surface area (Å²) < 4.78 is 11.0. The molecule has 1 aliphatic heterocycles. The van der Waals surface area contributed by atoms with Gasteiger partial charge in [-0.1, -0.05) is 6.07 Å². The number of aryl methyl sites for hydroxylation is 2. The first-order chi connectivity index (χ1) is 8.32. The summed E-state index contributed by atoms with van der Waals surface area (Å²) in [5, 5.41) is 0. The minimum absolute atomic E-state index is 0.142. The number of nitrogens with two attached hydrogens (primary N) is 1. The minimum atomic E-state index is -0.333. The molecule has 0 bridgehead atoms. The Bertz CT molecular complexity index is 456. The predicted octanol–water partition coefficient (Wildman–Crippen LogP) is 2.32. The van der Waals surface area contributed by atoms with Gasteiger partial charge in [-0.3, -0.25) is 0 Å². The van der Waals surface area contributed by atoms with Crippen LogP contribution in [0.15, 0.2) is 12.1 Å². The van der Waals surface area contributed by atoms with Crippen molar-refractivity contribution in [3.63, 3.8) is 0 Å². The van der Waals surface area contributed by atoms with E-state index in [1.807, 2.05) is 0 Å². The van der Waals surface area contributed by atoms with Crippen LogP contribution in [0.5, 0.6) is 5.75 Å². The molecule has 1 heterocycles. The maximum atomic E-state index is 6.38. The Hall–Kier alpha value is -1.06. The Labute approximate surface area is 109 Å². The van der Waals surface area contributed by atoms with E-state index in [0.29, 0.717) is 13.2 Å². The second-order valence-corrected chi connectivity index (χ2v) is 5.93. The van der Waals surface area contributed by atoms with Crippen molar-refractivity contribution in [2.45, 2.75) is 38.6 Å². The van der Waals surface area contributed by atoms with Gasteiger partial charge in [-0.25, -0.2) is 0 Å². The van der Waals surface area contributed by atoms with Gasteiger partial charge >= 0.3 is 0 Å². The normalized spacial score (nSPS) is 18.3. The van der Waals surface area contributed by atoms with Crippen molar-refractivity contribution in [2.24, 2.45) is 5.73 Å². The van der Waals surface area contributed by atoms with Gasteiger partial charge in [0, 0.05) is 11.1 Å². The van der Waals surface area contributed by atoms with Gasteiger partial charge in [0.1, 0.15) is 5.75 Å². The van der Waals surface area contributed by atoms with Crippen LogP contribution in [0.4, 0.5) is 0 Å². The second-order valence-electron chi connectivity index (χ2n) is 5.93. The van der Waals surface area contributed by atoms with Crippen LogP contribution in [0, 0.1) is 13.8 Å². The van der Waals surface area contributed by atoms with Crippen molar-refractivity contribution >= 4 is 0 Å². The summed E-state index contributed by atoms with van der Waals surface area (Å²) in [6.07, 6.45) is 0. The fraction of sp³-hybridized carbons (Fsp3) is 0.600. The summed E-state index contributed by atoms with van der Waals surface area (Å²) in [7, 11) is 1.71. The number of ether oxygens (including phenoxy) is 2. The molecular weight excluding hydrogens is 226 g/mol. The lowest BCUT2D eigenvalue weighted by atomic mass is 9.65. The standard InChI is InChI=1S/C15H23NO2/c1-10-6-12(13(17-5)7-11(10)2)15(8-18-9-15)14(3,4)16/h6-7H,8-9,16H2,1-5H3. The van der Waals surface area contributed by atoms with E-state index in [2.05, 4.69) is 39.8 Å². The maximum Gasteiger partial charge on any atom is 0.123 e. The summed E-state index contributed by atoms with van der Waals surface area (Å²) in [4.78, 5) is 0. The number of hydrogen-bond acceptors (Lipinski definition) is 3. The van der Waals surface area contributed by atoms with E-state index in [4.69, 9.17) is 15.2 Å². The topological polar surface area (TPSA) is 44.5 Å². The van der Waals surface area contributed by atoms with E-state index >= 15 is 0 Å². The second kappa shape index (κ2) is 4.25. The largest absolute Gasteiger partial charge is 0.496 e. The van der Waals surface area contributed by atoms with Crippen molar-refractivity contribution in [1.82, 2.24) is 0 Å². The van der Waals surface area contributed by atoms with Crippen LogP contribution >= 0.6 is 0 Å². The molecule has 100 valence electrons. The van der Waals surface area contributed by atoms with E-state index in [0.717, 1.165) is 5.75 Å². The highest BCUT2D eigenvalue weighted by atomic mass is 16.5. The molecule has 1 aromatic rings. The van der Waals surface area contributed by atoms with Crippen molar-refractivity contribution in [2.75, 3.05) is 20.3 Å². The van der Waals surface area contributed by atoms with Gasteiger partial charge in [-0.2, -0.15) is 0 Å². The fourth-order valence-corrected chi connectivity index (χ4v) is 2.51. The highest BCUT2D eigenvalue weighted by Crippen LogP contribution is 2.45. The third-order valence-electron chi connectivity index (χ3n) is 4.26. The van der Waals surface area contributed by atoms with Crippen LogP contribution < -0.4 is 10.5 Å². The van der Waals surface area contributed by atoms with Crippen LogP contribution in [-0.2, 0) is 10.2 Å². The Kier molecular flexibility index (Phi) is 3.16. The molecule has 1 fully saturated rings. The van der Waals surface area contributed by atoms with Crippen LogP contribution in [0.3, 0.4) is 0 Å². The molecule has 2 rings (SSSR count). The lowest BCUT2D eigenvalue weighted by Crippen LogP contribution is -2.64. The van der Waals surface area contributed by atoms with Gasteiger partial charge in [0.05, 0.1) is 25.7 Å². The Balaban J connectivity index is 2.59. The van der Waals surface area contributed by atoms with Gasteiger partial charge in [-0.15, -0.1) is 0 Å². The summed E-state index contributed by atoms with van der Waals surface area (Å²) in [5.74, 6) is 0.917. The molecule has 3 heteroatoms.